The molecule has 0 amide bonds. The second-order valence-electron chi connectivity index (χ2n) is 4.72. The lowest BCUT2D eigenvalue weighted by Crippen LogP contribution is -2.41. The normalized spacial score (nSPS) is 21.6. The topological polar surface area (TPSA) is 32.7 Å². The van der Waals surface area contributed by atoms with Gasteiger partial charge in [-0.15, -0.1) is 0 Å². The lowest BCUT2D eigenvalue weighted by molar-refractivity contribution is -0.0326. The van der Waals surface area contributed by atoms with Gasteiger partial charge in [0.1, 0.15) is 5.75 Å². The monoisotopic (exact) mass is 235 g/mol. The van der Waals surface area contributed by atoms with Gasteiger partial charge in [-0.25, -0.2) is 0 Å². The fraction of sp³-hybridized carbons (Fsp3) is 0.571. The SMILES string of the molecule is CCC1CN(Cc2cccc(C)c2O)CCO1. The highest BCUT2D eigenvalue weighted by Crippen LogP contribution is 2.23. The van der Waals surface area contributed by atoms with E-state index >= 15 is 0 Å². The van der Waals surface area contributed by atoms with E-state index in [1.807, 2.05) is 25.1 Å². The molecule has 94 valence electrons. The van der Waals surface area contributed by atoms with E-state index in [9.17, 15) is 5.11 Å². The summed E-state index contributed by atoms with van der Waals surface area (Å²) in [6.07, 6.45) is 1.40. The number of hydrogen-bond acceptors (Lipinski definition) is 3. The summed E-state index contributed by atoms with van der Waals surface area (Å²) in [5, 5.41) is 9.99. The van der Waals surface area contributed by atoms with Crippen molar-refractivity contribution in [2.24, 2.45) is 0 Å². The third-order valence-corrected chi connectivity index (χ3v) is 3.39. The average Bonchev–Trinajstić information content (AvgIpc) is 2.35. The maximum absolute atomic E-state index is 9.99. The Hall–Kier alpha value is -1.06. The molecule has 0 bridgehead atoms. The molecule has 1 heterocycles. The number of hydrogen-bond donors (Lipinski definition) is 1. The predicted octanol–water partition coefficient (Wildman–Crippen LogP) is 2.31. The van der Waals surface area contributed by atoms with Gasteiger partial charge in [-0.2, -0.15) is 0 Å². The number of phenols is 1. The summed E-state index contributed by atoms with van der Waals surface area (Å²) in [6.45, 7) is 7.61. The molecule has 3 heteroatoms. The van der Waals surface area contributed by atoms with Crippen molar-refractivity contribution in [3.63, 3.8) is 0 Å². The molecule has 0 saturated carbocycles. The minimum absolute atomic E-state index is 0.343. The van der Waals surface area contributed by atoms with Gasteiger partial charge in [0.05, 0.1) is 12.7 Å². The van der Waals surface area contributed by atoms with Crippen LogP contribution >= 0.6 is 0 Å². The quantitative estimate of drug-likeness (QED) is 0.872. The molecule has 1 saturated heterocycles. The van der Waals surface area contributed by atoms with E-state index in [1.165, 1.54) is 0 Å². The van der Waals surface area contributed by atoms with Crippen molar-refractivity contribution in [1.82, 2.24) is 4.90 Å². The zero-order valence-corrected chi connectivity index (χ0v) is 10.6. The molecule has 1 aromatic carbocycles. The second-order valence-corrected chi connectivity index (χ2v) is 4.72. The van der Waals surface area contributed by atoms with Crippen molar-refractivity contribution in [2.45, 2.75) is 32.9 Å². The first-order chi connectivity index (χ1) is 8.20. The van der Waals surface area contributed by atoms with Crippen LogP contribution < -0.4 is 0 Å². The summed E-state index contributed by atoms with van der Waals surface area (Å²) in [5.74, 6) is 0.437. The Morgan fingerprint density at radius 2 is 2.29 bits per heavy atom. The molecule has 0 aliphatic carbocycles. The van der Waals surface area contributed by atoms with Crippen LogP contribution in [0.15, 0.2) is 18.2 Å². The molecular weight excluding hydrogens is 214 g/mol. The minimum Gasteiger partial charge on any atom is -0.507 e. The number of rotatable bonds is 3. The van der Waals surface area contributed by atoms with Gasteiger partial charge in [0, 0.05) is 25.2 Å². The summed E-state index contributed by atoms with van der Waals surface area (Å²) in [6, 6.07) is 5.94. The molecule has 17 heavy (non-hydrogen) atoms. The van der Waals surface area contributed by atoms with E-state index in [2.05, 4.69) is 11.8 Å². The van der Waals surface area contributed by atoms with Gasteiger partial charge >= 0.3 is 0 Å². The van der Waals surface area contributed by atoms with Gasteiger partial charge in [0.15, 0.2) is 0 Å². The lowest BCUT2D eigenvalue weighted by atomic mass is 10.1. The van der Waals surface area contributed by atoms with Gasteiger partial charge in [-0.3, -0.25) is 4.90 Å². The summed E-state index contributed by atoms with van der Waals surface area (Å²) >= 11 is 0. The first-order valence-electron chi connectivity index (χ1n) is 6.32. The van der Waals surface area contributed by atoms with E-state index in [-0.39, 0.29) is 0 Å². The van der Waals surface area contributed by atoms with Gasteiger partial charge < -0.3 is 9.84 Å². The first-order valence-corrected chi connectivity index (χ1v) is 6.32. The molecule has 1 N–H and O–H groups in total. The summed E-state index contributed by atoms with van der Waals surface area (Å²) in [5.41, 5.74) is 1.96. The Labute approximate surface area is 103 Å². The minimum atomic E-state index is 0.343. The van der Waals surface area contributed by atoms with Crippen LogP contribution in [-0.4, -0.2) is 35.8 Å². The molecule has 1 atom stereocenters. The molecule has 1 unspecified atom stereocenters. The summed E-state index contributed by atoms with van der Waals surface area (Å²) in [4.78, 5) is 2.35. The molecule has 3 nitrogen and oxygen atoms in total. The number of para-hydroxylation sites is 1. The van der Waals surface area contributed by atoms with Crippen LogP contribution in [0.1, 0.15) is 24.5 Å². The molecule has 1 aliphatic heterocycles. The van der Waals surface area contributed by atoms with E-state index in [0.717, 1.165) is 43.8 Å². The van der Waals surface area contributed by atoms with E-state index in [4.69, 9.17) is 4.74 Å². The van der Waals surface area contributed by atoms with Gasteiger partial charge in [0.25, 0.3) is 0 Å². The van der Waals surface area contributed by atoms with Crippen molar-refractivity contribution in [3.05, 3.63) is 29.3 Å². The maximum atomic E-state index is 9.99. The van der Waals surface area contributed by atoms with Crippen molar-refractivity contribution in [1.29, 1.82) is 0 Å². The van der Waals surface area contributed by atoms with Crippen LogP contribution in [0.25, 0.3) is 0 Å². The Balaban J connectivity index is 2.02. The second kappa shape index (κ2) is 5.52. The van der Waals surface area contributed by atoms with Crippen LogP contribution in [0.4, 0.5) is 0 Å². The highest BCUT2D eigenvalue weighted by molar-refractivity contribution is 5.39. The Kier molecular flexibility index (Phi) is 4.02. The Morgan fingerprint density at radius 3 is 3.06 bits per heavy atom. The van der Waals surface area contributed by atoms with Crippen molar-refractivity contribution < 1.29 is 9.84 Å². The highest BCUT2D eigenvalue weighted by Gasteiger charge is 2.19. The number of morpholine rings is 1. The molecule has 0 radical (unpaired) electrons. The molecule has 2 rings (SSSR count). The molecule has 0 spiro atoms. The fourth-order valence-corrected chi connectivity index (χ4v) is 2.26. The number of phenolic OH excluding ortho intramolecular Hbond substituents is 1. The number of benzene rings is 1. The van der Waals surface area contributed by atoms with E-state index in [1.54, 1.807) is 0 Å². The zero-order valence-electron chi connectivity index (χ0n) is 10.6. The molecule has 1 aromatic rings. The van der Waals surface area contributed by atoms with Gasteiger partial charge in [-0.1, -0.05) is 25.1 Å². The third-order valence-electron chi connectivity index (χ3n) is 3.39. The highest BCUT2D eigenvalue weighted by atomic mass is 16.5. The maximum Gasteiger partial charge on any atom is 0.122 e. The number of ether oxygens (including phenoxy) is 1. The molecular formula is C14H21NO2. The van der Waals surface area contributed by atoms with Gasteiger partial charge in [0.2, 0.25) is 0 Å². The summed E-state index contributed by atoms with van der Waals surface area (Å²) < 4.78 is 5.64. The van der Waals surface area contributed by atoms with Crippen LogP contribution in [0.5, 0.6) is 5.75 Å². The predicted molar refractivity (Wildman–Crippen MR) is 68.2 cm³/mol. The van der Waals surface area contributed by atoms with Crippen LogP contribution in [0.3, 0.4) is 0 Å². The lowest BCUT2D eigenvalue weighted by Gasteiger charge is -2.32. The van der Waals surface area contributed by atoms with Crippen LogP contribution in [0, 0.1) is 6.92 Å². The molecule has 0 aromatic heterocycles. The van der Waals surface area contributed by atoms with Crippen LogP contribution in [-0.2, 0) is 11.3 Å². The van der Waals surface area contributed by atoms with Gasteiger partial charge in [-0.05, 0) is 18.9 Å². The molecule has 1 aliphatic rings. The van der Waals surface area contributed by atoms with E-state index < -0.39 is 0 Å². The average molecular weight is 235 g/mol. The number of aromatic hydroxyl groups is 1. The van der Waals surface area contributed by atoms with Crippen molar-refractivity contribution >= 4 is 0 Å². The first kappa shape index (κ1) is 12.4. The fourth-order valence-electron chi connectivity index (χ4n) is 2.26. The van der Waals surface area contributed by atoms with Crippen LogP contribution in [0.2, 0.25) is 0 Å². The van der Waals surface area contributed by atoms with E-state index in [0.29, 0.717) is 11.9 Å². The Morgan fingerprint density at radius 1 is 1.47 bits per heavy atom. The smallest absolute Gasteiger partial charge is 0.122 e. The Bertz CT molecular complexity index is 378. The standard InChI is InChI=1S/C14H21NO2/c1-3-13-10-15(7-8-17-13)9-12-6-4-5-11(2)14(12)16/h4-6,13,16H,3,7-10H2,1-2H3. The number of aryl methyl sites for hydroxylation is 1. The summed E-state index contributed by atoms with van der Waals surface area (Å²) in [7, 11) is 0. The zero-order chi connectivity index (χ0) is 12.3. The third kappa shape index (κ3) is 2.99. The largest absolute Gasteiger partial charge is 0.507 e. The van der Waals surface area contributed by atoms with Crippen molar-refractivity contribution in [3.8, 4) is 5.75 Å². The van der Waals surface area contributed by atoms with Crippen molar-refractivity contribution in [2.75, 3.05) is 19.7 Å². The molecule has 1 fully saturated rings. The number of nitrogens with zero attached hydrogens (tertiary/aromatic N) is 1.